The molecule has 0 bridgehead atoms. The lowest BCUT2D eigenvalue weighted by atomic mass is 10.4. The summed E-state index contributed by atoms with van der Waals surface area (Å²) in [4.78, 5) is 4.02. The van der Waals surface area contributed by atoms with Crippen molar-refractivity contribution in [2.24, 2.45) is 0 Å². The molecule has 2 aromatic heterocycles. The predicted molar refractivity (Wildman–Crippen MR) is 78.4 cm³/mol. The van der Waals surface area contributed by atoms with E-state index in [4.69, 9.17) is 5.11 Å². The van der Waals surface area contributed by atoms with E-state index in [0.717, 1.165) is 0 Å². The second-order valence-electron chi connectivity index (χ2n) is 4.64. The van der Waals surface area contributed by atoms with Crippen molar-refractivity contribution in [1.82, 2.24) is 14.8 Å². The summed E-state index contributed by atoms with van der Waals surface area (Å²) in [5, 5.41) is 13.1. The molecule has 0 saturated carbocycles. The van der Waals surface area contributed by atoms with Gasteiger partial charge in [-0.05, 0) is 32.4 Å². The molecule has 2 aromatic rings. The van der Waals surface area contributed by atoms with Gasteiger partial charge in [-0.3, -0.25) is 14.4 Å². The number of pyridine rings is 1. The predicted octanol–water partition coefficient (Wildman–Crippen LogP) is 1.08. The molecule has 0 spiro atoms. The van der Waals surface area contributed by atoms with Gasteiger partial charge >= 0.3 is 0 Å². The fourth-order valence-corrected chi connectivity index (χ4v) is 3.61. The van der Waals surface area contributed by atoms with Crippen molar-refractivity contribution in [1.29, 1.82) is 0 Å². The minimum absolute atomic E-state index is 0.0374. The molecule has 0 aromatic carbocycles. The Morgan fingerprint density at radius 2 is 1.95 bits per heavy atom. The number of hydrogen-bond donors (Lipinski definition) is 2. The summed E-state index contributed by atoms with van der Waals surface area (Å²) in [7, 11) is -3.70. The van der Waals surface area contributed by atoms with Gasteiger partial charge in [0.1, 0.15) is 4.90 Å². The van der Waals surface area contributed by atoms with Crippen LogP contribution < -0.4 is 4.72 Å². The van der Waals surface area contributed by atoms with Crippen LogP contribution in [0.15, 0.2) is 29.4 Å². The number of nitrogens with one attached hydrogen (secondary N) is 1. The molecule has 8 heteroatoms. The number of hydrogen-bond acceptors (Lipinski definition) is 5. The highest BCUT2D eigenvalue weighted by atomic mass is 32.2. The first-order valence-corrected chi connectivity index (χ1v) is 8.01. The van der Waals surface area contributed by atoms with Crippen molar-refractivity contribution in [3.05, 3.63) is 35.9 Å². The number of aromatic nitrogens is 3. The Morgan fingerprint density at radius 1 is 1.29 bits per heavy atom. The largest absolute Gasteiger partial charge is 0.396 e. The topological polar surface area (TPSA) is 97.1 Å². The van der Waals surface area contributed by atoms with E-state index < -0.39 is 10.0 Å². The molecular formula is C13H18N4O3S. The zero-order valence-corrected chi connectivity index (χ0v) is 12.8. The summed E-state index contributed by atoms with van der Waals surface area (Å²) in [6, 6.07) is 3.16. The number of rotatable bonds is 6. The summed E-state index contributed by atoms with van der Waals surface area (Å²) < 4.78 is 29.1. The molecule has 0 saturated heterocycles. The number of aliphatic hydroxyl groups is 1. The average Bonchev–Trinajstić information content (AvgIpc) is 2.72. The first kappa shape index (κ1) is 15.5. The van der Waals surface area contributed by atoms with Gasteiger partial charge in [-0.2, -0.15) is 5.10 Å². The minimum atomic E-state index is -3.70. The number of sulfonamides is 1. The lowest BCUT2D eigenvalue weighted by molar-refractivity contribution is 0.276. The van der Waals surface area contributed by atoms with Crippen molar-refractivity contribution >= 4 is 15.7 Å². The zero-order chi connectivity index (χ0) is 15.5. The van der Waals surface area contributed by atoms with E-state index in [1.165, 1.54) is 12.4 Å². The third-order valence-corrected chi connectivity index (χ3v) is 4.68. The van der Waals surface area contributed by atoms with Gasteiger partial charge in [0.15, 0.2) is 0 Å². The van der Waals surface area contributed by atoms with Crippen molar-refractivity contribution < 1.29 is 13.5 Å². The van der Waals surface area contributed by atoms with Crippen LogP contribution in [-0.2, 0) is 16.6 Å². The van der Waals surface area contributed by atoms with Gasteiger partial charge in [0, 0.05) is 25.5 Å². The van der Waals surface area contributed by atoms with Crippen LogP contribution in [0.4, 0.5) is 5.69 Å². The molecule has 7 nitrogen and oxygen atoms in total. The highest BCUT2D eigenvalue weighted by Crippen LogP contribution is 2.22. The van der Waals surface area contributed by atoms with E-state index in [1.54, 1.807) is 30.7 Å². The molecule has 0 fully saturated rings. The van der Waals surface area contributed by atoms with Gasteiger partial charge < -0.3 is 5.11 Å². The second-order valence-corrected chi connectivity index (χ2v) is 6.26. The van der Waals surface area contributed by atoms with Gasteiger partial charge in [0.25, 0.3) is 10.0 Å². The monoisotopic (exact) mass is 310 g/mol. The van der Waals surface area contributed by atoms with Crippen LogP contribution in [0.3, 0.4) is 0 Å². The van der Waals surface area contributed by atoms with Crippen LogP contribution in [0.2, 0.25) is 0 Å². The normalized spacial score (nSPS) is 11.6. The molecule has 0 radical (unpaired) electrons. The van der Waals surface area contributed by atoms with Gasteiger partial charge in [0.2, 0.25) is 0 Å². The van der Waals surface area contributed by atoms with E-state index in [9.17, 15) is 8.42 Å². The van der Waals surface area contributed by atoms with Crippen LogP contribution >= 0.6 is 0 Å². The Hall–Kier alpha value is -1.93. The number of nitrogens with zero attached hydrogens (tertiary/aromatic N) is 3. The Kier molecular flexibility index (Phi) is 4.59. The third-order valence-electron chi connectivity index (χ3n) is 3.04. The van der Waals surface area contributed by atoms with Crippen LogP contribution in [0.25, 0.3) is 0 Å². The smallest absolute Gasteiger partial charge is 0.265 e. The first-order chi connectivity index (χ1) is 9.95. The summed E-state index contributed by atoms with van der Waals surface area (Å²) in [6.45, 7) is 3.88. The molecule has 0 atom stereocenters. The van der Waals surface area contributed by atoms with Crippen molar-refractivity contribution in [2.45, 2.75) is 31.7 Å². The molecule has 0 aliphatic carbocycles. The summed E-state index contributed by atoms with van der Waals surface area (Å²) in [5.41, 5.74) is 1.45. The Balaban J connectivity index is 2.34. The maximum absolute atomic E-state index is 12.5. The number of anilines is 1. The molecule has 114 valence electrons. The SMILES string of the molecule is Cc1nn(CCCO)c(C)c1S(=O)(=O)Nc1ccncc1. The van der Waals surface area contributed by atoms with E-state index >= 15 is 0 Å². The van der Waals surface area contributed by atoms with Crippen LogP contribution in [-0.4, -0.2) is 34.9 Å². The quantitative estimate of drug-likeness (QED) is 0.832. The first-order valence-electron chi connectivity index (χ1n) is 6.53. The van der Waals surface area contributed by atoms with Crippen molar-refractivity contribution in [2.75, 3.05) is 11.3 Å². The molecule has 0 unspecified atom stereocenters. The lowest BCUT2D eigenvalue weighted by Gasteiger charge is -2.08. The molecule has 0 amide bonds. The molecule has 2 heterocycles. The summed E-state index contributed by atoms with van der Waals surface area (Å²) in [5.74, 6) is 0. The highest BCUT2D eigenvalue weighted by Gasteiger charge is 2.24. The van der Waals surface area contributed by atoms with E-state index in [-0.39, 0.29) is 11.5 Å². The Bertz CT molecular complexity index is 711. The van der Waals surface area contributed by atoms with Gasteiger partial charge in [0.05, 0.1) is 17.1 Å². The zero-order valence-electron chi connectivity index (χ0n) is 11.9. The van der Waals surface area contributed by atoms with E-state index in [0.29, 0.717) is 30.0 Å². The molecule has 0 aliphatic heterocycles. The number of aryl methyl sites for hydroxylation is 2. The summed E-state index contributed by atoms with van der Waals surface area (Å²) >= 11 is 0. The van der Waals surface area contributed by atoms with Crippen LogP contribution in [0.5, 0.6) is 0 Å². The van der Waals surface area contributed by atoms with Crippen LogP contribution in [0, 0.1) is 13.8 Å². The second kappa shape index (κ2) is 6.23. The van der Waals surface area contributed by atoms with Crippen molar-refractivity contribution in [3.63, 3.8) is 0 Å². The molecule has 0 aliphatic rings. The Labute approximate surface area is 123 Å². The standard InChI is InChI=1S/C13H18N4O3S/c1-10-13(11(2)17(15-10)8-3-9-18)21(19,20)16-12-4-6-14-7-5-12/h4-7,18H,3,8-9H2,1-2H3,(H,14,16). The lowest BCUT2D eigenvalue weighted by Crippen LogP contribution is -2.15. The van der Waals surface area contributed by atoms with Gasteiger partial charge in [-0.25, -0.2) is 8.42 Å². The average molecular weight is 310 g/mol. The fraction of sp³-hybridized carbons (Fsp3) is 0.385. The van der Waals surface area contributed by atoms with E-state index in [2.05, 4.69) is 14.8 Å². The molecule has 2 rings (SSSR count). The minimum Gasteiger partial charge on any atom is -0.396 e. The highest BCUT2D eigenvalue weighted by molar-refractivity contribution is 7.92. The van der Waals surface area contributed by atoms with Gasteiger partial charge in [-0.15, -0.1) is 0 Å². The fourth-order valence-electron chi connectivity index (χ4n) is 2.13. The third kappa shape index (κ3) is 3.40. The molecule has 2 N–H and O–H groups in total. The Morgan fingerprint density at radius 3 is 2.57 bits per heavy atom. The maximum Gasteiger partial charge on any atom is 0.265 e. The molecular weight excluding hydrogens is 292 g/mol. The van der Waals surface area contributed by atoms with Crippen LogP contribution in [0.1, 0.15) is 17.8 Å². The van der Waals surface area contributed by atoms with Gasteiger partial charge in [-0.1, -0.05) is 0 Å². The van der Waals surface area contributed by atoms with Crippen molar-refractivity contribution in [3.8, 4) is 0 Å². The molecule has 21 heavy (non-hydrogen) atoms. The number of aliphatic hydroxyl groups excluding tert-OH is 1. The van der Waals surface area contributed by atoms with E-state index in [1.807, 2.05) is 0 Å². The maximum atomic E-state index is 12.5. The summed E-state index contributed by atoms with van der Waals surface area (Å²) in [6.07, 6.45) is 3.56.